The highest BCUT2D eigenvalue weighted by molar-refractivity contribution is 5.35. The van der Waals surface area contributed by atoms with Crippen LogP contribution in [0.25, 0.3) is 0 Å². The molecule has 1 saturated heterocycles. The Hall–Kier alpha value is -1.06. The van der Waals surface area contributed by atoms with E-state index in [0.717, 1.165) is 45.1 Å². The normalized spacial score (nSPS) is 16.8. The fourth-order valence-corrected chi connectivity index (χ4v) is 2.42. The van der Waals surface area contributed by atoms with E-state index in [2.05, 4.69) is 49.2 Å². The van der Waals surface area contributed by atoms with Gasteiger partial charge >= 0.3 is 0 Å². The van der Waals surface area contributed by atoms with Gasteiger partial charge < -0.3 is 10.1 Å². The summed E-state index contributed by atoms with van der Waals surface area (Å²) in [5.41, 5.74) is 2.64. The van der Waals surface area contributed by atoms with Crippen molar-refractivity contribution in [1.82, 2.24) is 10.2 Å². The molecule has 2 rings (SSSR count). The van der Waals surface area contributed by atoms with Gasteiger partial charge in [0.25, 0.3) is 0 Å². The Morgan fingerprint density at radius 1 is 1.21 bits per heavy atom. The number of benzene rings is 1. The van der Waals surface area contributed by atoms with Crippen LogP contribution in [0.4, 0.5) is 0 Å². The lowest BCUT2D eigenvalue weighted by molar-refractivity contribution is 0.191. The molecule has 1 aromatic rings. The summed E-state index contributed by atoms with van der Waals surface area (Å²) >= 11 is 0. The molecule has 0 aliphatic carbocycles. The average molecular weight is 262 g/mol. The fourth-order valence-electron chi connectivity index (χ4n) is 2.42. The molecule has 0 aromatic heterocycles. The van der Waals surface area contributed by atoms with Crippen LogP contribution in [-0.2, 0) is 0 Å². The molecule has 1 heterocycles. The van der Waals surface area contributed by atoms with Crippen molar-refractivity contribution in [3.63, 3.8) is 0 Å². The topological polar surface area (TPSA) is 24.5 Å². The average Bonchev–Trinajstić information content (AvgIpc) is 2.39. The predicted molar refractivity (Wildman–Crippen MR) is 80.1 cm³/mol. The summed E-state index contributed by atoms with van der Waals surface area (Å²) in [7, 11) is 0. The molecule has 0 atom stereocenters. The Balaban J connectivity index is 1.84. The number of aryl methyl sites for hydroxylation is 1. The van der Waals surface area contributed by atoms with Crippen molar-refractivity contribution < 1.29 is 4.74 Å². The van der Waals surface area contributed by atoms with Gasteiger partial charge in [0.05, 0.1) is 0 Å². The quantitative estimate of drug-likeness (QED) is 0.882. The fraction of sp³-hybridized carbons (Fsp3) is 0.625. The Morgan fingerprint density at radius 3 is 2.63 bits per heavy atom. The molecule has 0 radical (unpaired) electrons. The van der Waals surface area contributed by atoms with Gasteiger partial charge in [-0.3, -0.25) is 4.90 Å². The van der Waals surface area contributed by atoms with Crippen molar-refractivity contribution in [2.75, 3.05) is 39.3 Å². The Kier molecular flexibility index (Phi) is 5.23. The molecule has 0 amide bonds. The van der Waals surface area contributed by atoms with Crippen molar-refractivity contribution >= 4 is 0 Å². The summed E-state index contributed by atoms with van der Waals surface area (Å²) in [6, 6.07) is 6.55. The highest BCUT2D eigenvalue weighted by Crippen LogP contribution is 2.22. The molecular formula is C16H26N2O. The molecule has 19 heavy (non-hydrogen) atoms. The monoisotopic (exact) mass is 262 g/mol. The van der Waals surface area contributed by atoms with Gasteiger partial charge in [-0.05, 0) is 36.1 Å². The SMILES string of the molecule is Cc1cc(OCCN2CCNCC2)cc(C(C)C)c1. The largest absolute Gasteiger partial charge is 0.492 e. The Labute approximate surface area is 116 Å². The van der Waals surface area contributed by atoms with E-state index in [9.17, 15) is 0 Å². The number of hydrogen-bond donors (Lipinski definition) is 1. The number of rotatable bonds is 5. The van der Waals surface area contributed by atoms with Crippen LogP contribution in [0.5, 0.6) is 5.75 Å². The lowest BCUT2D eigenvalue weighted by atomic mass is 10.0. The van der Waals surface area contributed by atoms with E-state index in [1.807, 2.05) is 0 Å². The highest BCUT2D eigenvalue weighted by Gasteiger charge is 2.09. The zero-order valence-corrected chi connectivity index (χ0v) is 12.4. The van der Waals surface area contributed by atoms with Crippen LogP contribution in [0.2, 0.25) is 0 Å². The van der Waals surface area contributed by atoms with Gasteiger partial charge in [-0.1, -0.05) is 19.9 Å². The summed E-state index contributed by atoms with van der Waals surface area (Å²) in [6.45, 7) is 12.8. The van der Waals surface area contributed by atoms with Crippen LogP contribution in [0, 0.1) is 6.92 Å². The standard InChI is InChI=1S/C16H26N2O/c1-13(2)15-10-14(3)11-16(12-15)19-9-8-18-6-4-17-5-7-18/h10-13,17H,4-9H2,1-3H3. The van der Waals surface area contributed by atoms with Crippen molar-refractivity contribution in [1.29, 1.82) is 0 Å². The van der Waals surface area contributed by atoms with E-state index in [-0.39, 0.29) is 0 Å². The first-order valence-electron chi connectivity index (χ1n) is 7.32. The van der Waals surface area contributed by atoms with Crippen LogP contribution in [0.1, 0.15) is 30.9 Å². The second kappa shape index (κ2) is 6.92. The molecule has 3 heteroatoms. The van der Waals surface area contributed by atoms with Gasteiger partial charge in [-0.25, -0.2) is 0 Å². The molecule has 1 fully saturated rings. The van der Waals surface area contributed by atoms with Gasteiger partial charge in [-0.15, -0.1) is 0 Å². The minimum atomic E-state index is 0.551. The van der Waals surface area contributed by atoms with Gasteiger partial charge in [0.1, 0.15) is 12.4 Å². The molecule has 1 N–H and O–H groups in total. The van der Waals surface area contributed by atoms with Crippen LogP contribution >= 0.6 is 0 Å². The first-order valence-corrected chi connectivity index (χ1v) is 7.32. The van der Waals surface area contributed by atoms with Crippen LogP contribution in [-0.4, -0.2) is 44.2 Å². The van der Waals surface area contributed by atoms with Crippen LogP contribution in [0.15, 0.2) is 18.2 Å². The van der Waals surface area contributed by atoms with Gasteiger partial charge in [0.2, 0.25) is 0 Å². The van der Waals surface area contributed by atoms with Crippen LogP contribution in [0.3, 0.4) is 0 Å². The van der Waals surface area contributed by atoms with Crippen molar-refractivity contribution in [3.8, 4) is 5.75 Å². The van der Waals surface area contributed by atoms with Crippen LogP contribution < -0.4 is 10.1 Å². The smallest absolute Gasteiger partial charge is 0.119 e. The summed E-state index contributed by atoms with van der Waals surface area (Å²) in [5, 5.41) is 3.37. The molecule has 0 spiro atoms. The second-order valence-electron chi connectivity index (χ2n) is 5.67. The summed E-state index contributed by atoms with van der Waals surface area (Å²) < 4.78 is 5.92. The minimum absolute atomic E-state index is 0.551. The third kappa shape index (κ3) is 4.51. The maximum atomic E-state index is 5.92. The molecule has 0 unspecified atom stereocenters. The lowest BCUT2D eigenvalue weighted by Crippen LogP contribution is -2.44. The zero-order chi connectivity index (χ0) is 13.7. The van der Waals surface area contributed by atoms with E-state index in [0.29, 0.717) is 5.92 Å². The van der Waals surface area contributed by atoms with Crippen molar-refractivity contribution in [2.24, 2.45) is 0 Å². The van der Waals surface area contributed by atoms with Gasteiger partial charge in [0, 0.05) is 32.7 Å². The first-order chi connectivity index (χ1) is 9.15. The summed E-state index contributed by atoms with van der Waals surface area (Å²) in [4.78, 5) is 2.45. The molecule has 1 aliphatic heterocycles. The molecule has 1 aromatic carbocycles. The number of nitrogens with zero attached hydrogens (tertiary/aromatic N) is 1. The third-order valence-corrected chi connectivity index (χ3v) is 3.63. The molecular weight excluding hydrogens is 236 g/mol. The van der Waals surface area contributed by atoms with Gasteiger partial charge in [0.15, 0.2) is 0 Å². The first kappa shape index (κ1) is 14.4. The van der Waals surface area contributed by atoms with E-state index >= 15 is 0 Å². The van der Waals surface area contributed by atoms with E-state index in [1.54, 1.807) is 0 Å². The van der Waals surface area contributed by atoms with E-state index in [1.165, 1.54) is 11.1 Å². The number of ether oxygens (including phenoxy) is 1. The minimum Gasteiger partial charge on any atom is -0.492 e. The number of hydrogen-bond acceptors (Lipinski definition) is 3. The van der Waals surface area contributed by atoms with E-state index in [4.69, 9.17) is 4.74 Å². The van der Waals surface area contributed by atoms with Gasteiger partial charge in [-0.2, -0.15) is 0 Å². The third-order valence-electron chi connectivity index (χ3n) is 3.63. The molecule has 0 bridgehead atoms. The van der Waals surface area contributed by atoms with Crippen molar-refractivity contribution in [2.45, 2.75) is 26.7 Å². The van der Waals surface area contributed by atoms with E-state index < -0.39 is 0 Å². The summed E-state index contributed by atoms with van der Waals surface area (Å²) in [6.07, 6.45) is 0. The molecule has 0 saturated carbocycles. The Bertz CT molecular complexity index is 398. The number of nitrogens with one attached hydrogen (secondary N) is 1. The molecule has 3 nitrogen and oxygen atoms in total. The highest BCUT2D eigenvalue weighted by atomic mass is 16.5. The predicted octanol–water partition coefficient (Wildman–Crippen LogP) is 2.40. The summed E-state index contributed by atoms with van der Waals surface area (Å²) in [5.74, 6) is 1.56. The second-order valence-corrected chi connectivity index (χ2v) is 5.67. The lowest BCUT2D eigenvalue weighted by Gasteiger charge is -2.27. The maximum Gasteiger partial charge on any atom is 0.119 e. The number of piperazine rings is 1. The zero-order valence-electron chi connectivity index (χ0n) is 12.4. The maximum absolute atomic E-state index is 5.92. The molecule has 106 valence electrons. The van der Waals surface area contributed by atoms with Crippen molar-refractivity contribution in [3.05, 3.63) is 29.3 Å². The Morgan fingerprint density at radius 2 is 1.95 bits per heavy atom. The molecule has 1 aliphatic rings.